The van der Waals surface area contributed by atoms with Gasteiger partial charge in [-0.15, -0.1) is 12.4 Å². The van der Waals surface area contributed by atoms with Crippen molar-refractivity contribution in [1.82, 2.24) is 4.98 Å². The SMILES string of the molecule is CCC(=O)Oc1ccnc(-c2c(C)cccc2C)c1N.Cl. The number of ether oxygens (including phenoxy) is 1. The first-order valence-corrected chi connectivity index (χ1v) is 6.56. The van der Waals surface area contributed by atoms with Crippen LogP contribution in [0.1, 0.15) is 24.5 Å². The lowest BCUT2D eigenvalue weighted by molar-refractivity contribution is -0.133. The predicted molar refractivity (Wildman–Crippen MR) is 86.7 cm³/mol. The lowest BCUT2D eigenvalue weighted by atomic mass is 9.98. The van der Waals surface area contributed by atoms with Crippen molar-refractivity contribution < 1.29 is 9.53 Å². The van der Waals surface area contributed by atoms with Gasteiger partial charge in [-0.1, -0.05) is 25.1 Å². The van der Waals surface area contributed by atoms with E-state index in [0.29, 0.717) is 23.6 Å². The van der Waals surface area contributed by atoms with Crippen molar-refractivity contribution >= 4 is 24.1 Å². The second-order valence-electron chi connectivity index (χ2n) is 4.67. The van der Waals surface area contributed by atoms with E-state index in [1.54, 1.807) is 19.2 Å². The Hall–Kier alpha value is -2.07. The summed E-state index contributed by atoms with van der Waals surface area (Å²) in [5, 5.41) is 0. The number of rotatable bonds is 3. The highest BCUT2D eigenvalue weighted by Crippen LogP contribution is 2.34. The van der Waals surface area contributed by atoms with Gasteiger partial charge in [-0.2, -0.15) is 0 Å². The molecule has 0 atom stereocenters. The molecule has 0 radical (unpaired) electrons. The molecular weight excluding hydrogens is 288 g/mol. The van der Waals surface area contributed by atoms with E-state index in [4.69, 9.17) is 10.5 Å². The largest absolute Gasteiger partial charge is 0.424 e. The van der Waals surface area contributed by atoms with Crippen LogP contribution in [-0.2, 0) is 4.79 Å². The van der Waals surface area contributed by atoms with Crippen molar-refractivity contribution in [1.29, 1.82) is 0 Å². The van der Waals surface area contributed by atoms with E-state index in [2.05, 4.69) is 4.98 Å². The van der Waals surface area contributed by atoms with Gasteiger partial charge in [-0.25, -0.2) is 0 Å². The van der Waals surface area contributed by atoms with Crippen LogP contribution in [0, 0.1) is 13.8 Å². The summed E-state index contributed by atoms with van der Waals surface area (Å²) in [5.74, 6) is 0.0554. The molecule has 0 fully saturated rings. The van der Waals surface area contributed by atoms with Crippen molar-refractivity contribution in [3.63, 3.8) is 0 Å². The smallest absolute Gasteiger partial charge is 0.310 e. The van der Waals surface area contributed by atoms with Crippen molar-refractivity contribution in [2.24, 2.45) is 0 Å². The molecule has 21 heavy (non-hydrogen) atoms. The Bertz CT molecular complexity index is 636. The summed E-state index contributed by atoms with van der Waals surface area (Å²) in [5.41, 5.74) is 10.3. The number of nitrogens with two attached hydrogens (primary N) is 1. The summed E-state index contributed by atoms with van der Waals surface area (Å²) in [4.78, 5) is 15.8. The Morgan fingerprint density at radius 3 is 2.43 bits per heavy atom. The van der Waals surface area contributed by atoms with Gasteiger partial charge in [-0.05, 0) is 25.0 Å². The molecule has 0 saturated carbocycles. The standard InChI is InChI=1S/C16H18N2O2.ClH/c1-4-13(19)20-12-8-9-18-16(15(12)17)14-10(2)6-5-7-11(14)3;/h5-9H,4,17H2,1-3H3;1H. The molecule has 0 saturated heterocycles. The summed E-state index contributed by atoms with van der Waals surface area (Å²) in [6.45, 7) is 5.76. The van der Waals surface area contributed by atoms with Crippen LogP contribution in [0.15, 0.2) is 30.5 Å². The topological polar surface area (TPSA) is 65.2 Å². The van der Waals surface area contributed by atoms with Crippen LogP contribution in [-0.4, -0.2) is 11.0 Å². The maximum Gasteiger partial charge on any atom is 0.310 e. The molecule has 0 aliphatic rings. The highest BCUT2D eigenvalue weighted by molar-refractivity contribution is 5.85. The number of benzene rings is 1. The van der Waals surface area contributed by atoms with Crippen LogP contribution in [0.3, 0.4) is 0 Å². The molecule has 0 spiro atoms. The average molecular weight is 307 g/mol. The molecule has 4 nitrogen and oxygen atoms in total. The Kier molecular flexibility index (Phi) is 5.73. The van der Waals surface area contributed by atoms with Crippen LogP contribution in [0.5, 0.6) is 5.75 Å². The van der Waals surface area contributed by atoms with E-state index in [0.717, 1.165) is 16.7 Å². The Labute approximate surface area is 130 Å². The molecule has 2 N–H and O–H groups in total. The third-order valence-corrected chi connectivity index (χ3v) is 3.18. The summed E-state index contributed by atoms with van der Waals surface area (Å²) in [6.07, 6.45) is 1.91. The number of hydrogen-bond donors (Lipinski definition) is 1. The normalized spacial score (nSPS) is 9.86. The third kappa shape index (κ3) is 3.52. The number of aromatic nitrogens is 1. The van der Waals surface area contributed by atoms with Gasteiger partial charge in [0.2, 0.25) is 0 Å². The Morgan fingerprint density at radius 2 is 1.86 bits per heavy atom. The number of anilines is 1. The molecule has 1 heterocycles. The number of nitrogens with zero attached hydrogens (tertiary/aromatic N) is 1. The van der Waals surface area contributed by atoms with Crippen molar-refractivity contribution in [3.8, 4) is 17.0 Å². The summed E-state index contributed by atoms with van der Waals surface area (Å²) in [6, 6.07) is 7.62. The minimum atomic E-state index is -0.310. The average Bonchev–Trinajstić information content (AvgIpc) is 2.42. The molecule has 5 heteroatoms. The first kappa shape index (κ1) is 17.0. The van der Waals surface area contributed by atoms with Crippen molar-refractivity contribution in [2.75, 3.05) is 5.73 Å². The third-order valence-electron chi connectivity index (χ3n) is 3.18. The molecule has 1 aromatic heterocycles. The van der Waals surface area contributed by atoms with Gasteiger partial charge >= 0.3 is 5.97 Å². The lowest BCUT2D eigenvalue weighted by Crippen LogP contribution is -2.08. The molecule has 112 valence electrons. The van der Waals surface area contributed by atoms with E-state index < -0.39 is 0 Å². The van der Waals surface area contributed by atoms with Gasteiger partial charge in [-0.3, -0.25) is 9.78 Å². The van der Waals surface area contributed by atoms with Gasteiger partial charge in [0.1, 0.15) is 5.69 Å². The molecular formula is C16H19ClN2O2. The molecule has 0 unspecified atom stereocenters. The highest BCUT2D eigenvalue weighted by atomic mass is 35.5. The molecule has 0 aliphatic carbocycles. The van der Waals surface area contributed by atoms with Crippen LogP contribution in [0.2, 0.25) is 0 Å². The molecule has 0 bridgehead atoms. The zero-order valence-electron chi connectivity index (χ0n) is 12.3. The van der Waals surface area contributed by atoms with Crippen LogP contribution < -0.4 is 10.5 Å². The van der Waals surface area contributed by atoms with E-state index in [1.807, 2.05) is 32.0 Å². The van der Waals surface area contributed by atoms with E-state index in [-0.39, 0.29) is 18.4 Å². The zero-order valence-corrected chi connectivity index (χ0v) is 13.2. The highest BCUT2D eigenvalue weighted by Gasteiger charge is 2.15. The van der Waals surface area contributed by atoms with Crippen LogP contribution in [0.4, 0.5) is 5.69 Å². The van der Waals surface area contributed by atoms with Crippen molar-refractivity contribution in [2.45, 2.75) is 27.2 Å². The number of halogens is 1. The van der Waals surface area contributed by atoms with Crippen LogP contribution in [0.25, 0.3) is 11.3 Å². The number of nitrogen functional groups attached to an aromatic ring is 1. The summed E-state index contributed by atoms with van der Waals surface area (Å²) < 4.78 is 5.23. The fraction of sp³-hybridized carbons (Fsp3) is 0.250. The Morgan fingerprint density at radius 1 is 1.24 bits per heavy atom. The van der Waals surface area contributed by atoms with E-state index >= 15 is 0 Å². The fourth-order valence-electron chi connectivity index (χ4n) is 2.13. The second kappa shape index (κ2) is 7.09. The maximum absolute atomic E-state index is 11.4. The second-order valence-corrected chi connectivity index (χ2v) is 4.67. The van der Waals surface area contributed by atoms with E-state index in [9.17, 15) is 4.79 Å². The zero-order chi connectivity index (χ0) is 14.7. The molecule has 0 aliphatic heterocycles. The fourth-order valence-corrected chi connectivity index (χ4v) is 2.13. The number of carbonyl (C=O) groups excluding carboxylic acids is 1. The van der Waals surface area contributed by atoms with Crippen LogP contribution >= 0.6 is 12.4 Å². The summed E-state index contributed by atoms with van der Waals surface area (Å²) >= 11 is 0. The van der Waals surface area contributed by atoms with Gasteiger partial charge < -0.3 is 10.5 Å². The summed E-state index contributed by atoms with van der Waals surface area (Å²) in [7, 11) is 0. The van der Waals surface area contributed by atoms with Gasteiger partial charge in [0.25, 0.3) is 0 Å². The number of aryl methyl sites for hydroxylation is 2. The molecule has 2 rings (SSSR count). The first-order valence-electron chi connectivity index (χ1n) is 6.56. The number of carbonyl (C=O) groups is 1. The predicted octanol–water partition coefficient (Wildman–Crippen LogP) is 3.68. The number of esters is 1. The number of pyridine rings is 1. The quantitative estimate of drug-likeness (QED) is 0.878. The Balaban J connectivity index is 0.00000220. The minimum Gasteiger partial charge on any atom is -0.424 e. The molecule has 0 amide bonds. The lowest BCUT2D eigenvalue weighted by Gasteiger charge is -2.13. The number of hydrogen-bond acceptors (Lipinski definition) is 4. The molecule has 2 aromatic rings. The van der Waals surface area contributed by atoms with Gasteiger partial charge in [0, 0.05) is 24.2 Å². The first-order chi connectivity index (χ1) is 9.54. The van der Waals surface area contributed by atoms with Gasteiger partial charge in [0.05, 0.1) is 5.69 Å². The molecule has 1 aromatic carbocycles. The monoisotopic (exact) mass is 306 g/mol. The maximum atomic E-state index is 11.4. The minimum absolute atomic E-state index is 0. The van der Waals surface area contributed by atoms with Crippen molar-refractivity contribution in [3.05, 3.63) is 41.6 Å². The van der Waals surface area contributed by atoms with E-state index in [1.165, 1.54) is 0 Å². The van der Waals surface area contributed by atoms with Gasteiger partial charge in [0.15, 0.2) is 5.75 Å².